The van der Waals surface area contributed by atoms with E-state index in [2.05, 4.69) is 25.7 Å². The van der Waals surface area contributed by atoms with Gasteiger partial charge in [-0.15, -0.1) is 5.10 Å². The molecular weight excluding hydrogens is 338 g/mol. The summed E-state index contributed by atoms with van der Waals surface area (Å²) in [6, 6.07) is 21.6. The maximum absolute atomic E-state index is 5.73. The SMILES string of the molecule is C(=NNc1nncc2ccccc12)c1ccc(OCc2ccccc2)cn1. The summed E-state index contributed by atoms with van der Waals surface area (Å²) in [6.07, 6.45) is 5.03. The molecule has 0 aliphatic rings. The lowest BCUT2D eigenvalue weighted by molar-refractivity contribution is 0.305. The molecule has 0 aliphatic heterocycles. The third kappa shape index (κ3) is 4.24. The molecule has 0 aliphatic carbocycles. The highest BCUT2D eigenvalue weighted by Gasteiger charge is 2.01. The van der Waals surface area contributed by atoms with Gasteiger partial charge in [0.2, 0.25) is 0 Å². The van der Waals surface area contributed by atoms with Gasteiger partial charge >= 0.3 is 0 Å². The topological polar surface area (TPSA) is 72.3 Å². The third-order valence-electron chi connectivity index (χ3n) is 3.95. The number of hydrogen-bond donors (Lipinski definition) is 1. The first-order chi connectivity index (χ1) is 13.4. The lowest BCUT2D eigenvalue weighted by Gasteiger charge is -2.06. The Balaban J connectivity index is 1.38. The lowest BCUT2D eigenvalue weighted by Crippen LogP contribution is -1.98. The third-order valence-corrected chi connectivity index (χ3v) is 3.95. The number of aromatic nitrogens is 3. The van der Waals surface area contributed by atoms with Crippen LogP contribution in [0.3, 0.4) is 0 Å². The second kappa shape index (κ2) is 8.05. The maximum Gasteiger partial charge on any atom is 0.176 e. The molecular formula is C21H17N5O. The van der Waals surface area contributed by atoms with Crippen molar-refractivity contribution >= 4 is 22.8 Å². The smallest absolute Gasteiger partial charge is 0.176 e. The number of fused-ring (bicyclic) bond motifs is 1. The number of benzene rings is 2. The number of hydrazone groups is 1. The molecule has 0 saturated heterocycles. The Morgan fingerprint density at radius 3 is 2.63 bits per heavy atom. The largest absolute Gasteiger partial charge is 0.487 e. The highest BCUT2D eigenvalue weighted by atomic mass is 16.5. The summed E-state index contributed by atoms with van der Waals surface area (Å²) in [5, 5.41) is 14.2. The second-order valence-electron chi connectivity index (χ2n) is 5.84. The first-order valence-corrected chi connectivity index (χ1v) is 8.51. The molecule has 0 radical (unpaired) electrons. The van der Waals surface area contributed by atoms with Crippen LogP contribution < -0.4 is 10.2 Å². The van der Waals surface area contributed by atoms with E-state index in [0.29, 0.717) is 23.9 Å². The standard InChI is InChI=1S/C21H17N5O/c1-2-6-16(7-3-1)15-27-19-11-10-18(22-14-19)13-24-26-21-20-9-5-4-8-17(20)12-23-25-21/h1-14H,15H2,(H,25,26). The summed E-state index contributed by atoms with van der Waals surface area (Å²) in [7, 11) is 0. The van der Waals surface area contributed by atoms with Crippen LogP contribution in [0.1, 0.15) is 11.3 Å². The number of hydrogen-bond acceptors (Lipinski definition) is 6. The Kier molecular flexibility index (Phi) is 4.97. The van der Waals surface area contributed by atoms with Gasteiger partial charge in [-0.3, -0.25) is 10.4 Å². The van der Waals surface area contributed by atoms with E-state index in [4.69, 9.17) is 4.74 Å². The molecule has 2 heterocycles. The molecule has 2 aromatic heterocycles. The van der Waals surface area contributed by atoms with Crippen LogP contribution in [0, 0.1) is 0 Å². The molecule has 0 atom stereocenters. The van der Waals surface area contributed by atoms with E-state index in [-0.39, 0.29) is 0 Å². The number of pyridine rings is 1. The highest BCUT2D eigenvalue weighted by Crippen LogP contribution is 2.19. The van der Waals surface area contributed by atoms with Crippen LogP contribution in [0.15, 0.2) is 84.2 Å². The van der Waals surface area contributed by atoms with E-state index in [1.54, 1.807) is 18.6 Å². The van der Waals surface area contributed by atoms with Crippen LogP contribution in [0.4, 0.5) is 5.82 Å². The monoisotopic (exact) mass is 355 g/mol. The molecule has 6 heteroatoms. The second-order valence-corrected chi connectivity index (χ2v) is 5.84. The van der Waals surface area contributed by atoms with Crippen LogP contribution in [0.2, 0.25) is 0 Å². The number of nitrogens with zero attached hydrogens (tertiary/aromatic N) is 4. The van der Waals surface area contributed by atoms with Crippen LogP contribution in [-0.4, -0.2) is 21.4 Å². The molecule has 4 aromatic rings. The van der Waals surface area contributed by atoms with Gasteiger partial charge in [-0.2, -0.15) is 10.2 Å². The molecule has 2 aromatic carbocycles. The highest BCUT2D eigenvalue weighted by molar-refractivity contribution is 5.91. The minimum atomic E-state index is 0.511. The van der Waals surface area contributed by atoms with Crippen molar-refractivity contribution < 1.29 is 4.74 Å². The van der Waals surface area contributed by atoms with Gasteiger partial charge in [0.15, 0.2) is 5.82 Å². The minimum Gasteiger partial charge on any atom is -0.487 e. The predicted octanol–water partition coefficient (Wildman–Crippen LogP) is 4.05. The summed E-state index contributed by atoms with van der Waals surface area (Å²) in [5.74, 6) is 1.32. The van der Waals surface area contributed by atoms with Crippen molar-refractivity contribution in [3.05, 3.63) is 90.4 Å². The molecule has 1 N–H and O–H groups in total. The normalized spacial score (nSPS) is 11.0. The van der Waals surface area contributed by atoms with E-state index in [9.17, 15) is 0 Å². The average molecular weight is 355 g/mol. The van der Waals surface area contributed by atoms with E-state index in [1.165, 1.54) is 0 Å². The zero-order valence-corrected chi connectivity index (χ0v) is 14.5. The van der Waals surface area contributed by atoms with Gasteiger partial charge in [-0.1, -0.05) is 54.6 Å². The Morgan fingerprint density at radius 2 is 1.78 bits per heavy atom. The Hall–Kier alpha value is -3.80. The molecule has 0 unspecified atom stereocenters. The molecule has 0 spiro atoms. The van der Waals surface area contributed by atoms with Gasteiger partial charge in [-0.05, 0) is 17.7 Å². The molecule has 0 bridgehead atoms. The number of rotatable bonds is 6. The van der Waals surface area contributed by atoms with Crippen LogP contribution >= 0.6 is 0 Å². The van der Waals surface area contributed by atoms with Crippen LogP contribution in [0.25, 0.3) is 10.8 Å². The fourth-order valence-corrected chi connectivity index (χ4v) is 2.56. The molecule has 0 fully saturated rings. The number of nitrogens with one attached hydrogen (secondary N) is 1. The summed E-state index contributed by atoms with van der Waals surface area (Å²) < 4.78 is 5.73. The van der Waals surface area contributed by atoms with Gasteiger partial charge in [-0.25, -0.2) is 0 Å². The van der Waals surface area contributed by atoms with Crippen molar-refractivity contribution in [3.63, 3.8) is 0 Å². The van der Waals surface area contributed by atoms with E-state index in [1.807, 2.05) is 66.7 Å². The van der Waals surface area contributed by atoms with Crippen molar-refractivity contribution in [1.82, 2.24) is 15.2 Å². The zero-order chi connectivity index (χ0) is 18.3. The van der Waals surface area contributed by atoms with E-state index in [0.717, 1.165) is 16.3 Å². The molecule has 132 valence electrons. The average Bonchev–Trinajstić information content (AvgIpc) is 2.74. The van der Waals surface area contributed by atoms with Crippen molar-refractivity contribution in [1.29, 1.82) is 0 Å². The molecule has 4 rings (SSSR count). The fourth-order valence-electron chi connectivity index (χ4n) is 2.56. The Labute approximate surface area is 156 Å². The van der Waals surface area contributed by atoms with Gasteiger partial charge in [0.1, 0.15) is 12.4 Å². The zero-order valence-electron chi connectivity index (χ0n) is 14.5. The van der Waals surface area contributed by atoms with Gasteiger partial charge < -0.3 is 4.74 Å². The van der Waals surface area contributed by atoms with Crippen molar-refractivity contribution in [3.8, 4) is 5.75 Å². The first-order valence-electron chi connectivity index (χ1n) is 8.51. The maximum atomic E-state index is 5.73. The Morgan fingerprint density at radius 1 is 0.926 bits per heavy atom. The number of anilines is 1. The summed E-state index contributed by atoms with van der Waals surface area (Å²) >= 11 is 0. The minimum absolute atomic E-state index is 0.511. The summed E-state index contributed by atoms with van der Waals surface area (Å²) in [6.45, 7) is 0.511. The Bertz CT molecular complexity index is 1040. The molecule has 0 amide bonds. The van der Waals surface area contributed by atoms with Crippen molar-refractivity contribution in [2.24, 2.45) is 5.10 Å². The van der Waals surface area contributed by atoms with E-state index >= 15 is 0 Å². The van der Waals surface area contributed by atoms with E-state index < -0.39 is 0 Å². The van der Waals surface area contributed by atoms with Crippen molar-refractivity contribution in [2.45, 2.75) is 6.61 Å². The van der Waals surface area contributed by atoms with Gasteiger partial charge in [0.05, 0.1) is 24.3 Å². The summed E-state index contributed by atoms with van der Waals surface area (Å²) in [5.41, 5.74) is 4.75. The molecule has 27 heavy (non-hydrogen) atoms. The lowest BCUT2D eigenvalue weighted by atomic mass is 10.2. The van der Waals surface area contributed by atoms with Crippen LogP contribution in [0.5, 0.6) is 5.75 Å². The van der Waals surface area contributed by atoms with Crippen LogP contribution in [-0.2, 0) is 6.61 Å². The predicted molar refractivity (Wildman–Crippen MR) is 106 cm³/mol. The van der Waals surface area contributed by atoms with Gasteiger partial charge in [0.25, 0.3) is 0 Å². The molecule has 6 nitrogen and oxygen atoms in total. The molecule has 0 saturated carbocycles. The first kappa shape index (κ1) is 16.7. The van der Waals surface area contributed by atoms with Gasteiger partial charge in [0, 0.05) is 10.8 Å². The number of ether oxygens (including phenoxy) is 1. The fraction of sp³-hybridized carbons (Fsp3) is 0.0476. The van der Waals surface area contributed by atoms with Crippen molar-refractivity contribution in [2.75, 3.05) is 5.43 Å². The quantitative estimate of drug-likeness (QED) is 0.417. The summed E-state index contributed by atoms with van der Waals surface area (Å²) in [4.78, 5) is 4.33.